The van der Waals surface area contributed by atoms with Crippen molar-refractivity contribution in [2.24, 2.45) is 0 Å². The maximum Gasteiger partial charge on any atom is 0.437 e. The highest BCUT2D eigenvalue weighted by Crippen LogP contribution is 2.18. The molecule has 2 amide bonds. The first-order valence-electron chi connectivity index (χ1n) is 8.74. The van der Waals surface area contributed by atoms with Crippen molar-refractivity contribution in [1.29, 1.82) is 0 Å². The summed E-state index contributed by atoms with van der Waals surface area (Å²) in [5.74, 6) is -2.34. The molecule has 1 N–H and O–H groups in total. The van der Waals surface area contributed by atoms with Crippen LogP contribution in [0, 0.1) is 0 Å². The summed E-state index contributed by atoms with van der Waals surface area (Å²) in [7, 11) is 1.44. The first kappa shape index (κ1) is 19.3. The van der Waals surface area contributed by atoms with Gasteiger partial charge in [0.15, 0.2) is 6.61 Å². The third kappa shape index (κ3) is 5.29. The summed E-state index contributed by atoms with van der Waals surface area (Å²) in [6.45, 7) is -1.14. The summed E-state index contributed by atoms with van der Waals surface area (Å²) in [4.78, 5) is 48.5. The molecule has 1 aliphatic rings. The molecule has 28 heavy (non-hydrogen) atoms. The molecule has 3 rings (SSSR count). The molecule has 10 nitrogen and oxygen atoms in total. The number of carbonyl (C=O) groups is 3. The fraction of sp³-hybridized carbons (Fsp3) is 0.389. The highest BCUT2D eigenvalue weighted by molar-refractivity contribution is 5.86. The zero-order valence-electron chi connectivity index (χ0n) is 15.3. The van der Waals surface area contributed by atoms with Gasteiger partial charge in [0.25, 0.3) is 5.91 Å². The van der Waals surface area contributed by atoms with Crippen molar-refractivity contribution in [2.75, 3.05) is 20.2 Å². The van der Waals surface area contributed by atoms with Gasteiger partial charge in [-0.3, -0.25) is 14.4 Å². The van der Waals surface area contributed by atoms with Crippen molar-refractivity contribution in [3.8, 4) is 11.5 Å². The Balaban J connectivity index is 1.47. The van der Waals surface area contributed by atoms with Crippen molar-refractivity contribution >= 4 is 17.8 Å². The lowest BCUT2D eigenvalue weighted by Crippen LogP contribution is -2.41. The Morgan fingerprint density at radius 3 is 2.68 bits per heavy atom. The number of hydrogen-bond donors (Lipinski definition) is 1. The molecule has 0 unspecified atom stereocenters. The lowest BCUT2D eigenvalue weighted by molar-refractivity contribution is -0.152. The van der Waals surface area contributed by atoms with Crippen LogP contribution in [-0.4, -0.2) is 58.7 Å². The zero-order valence-corrected chi connectivity index (χ0v) is 15.3. The van der Waals surface area contributed by atoms with Crippen LogP contribution in [-0.2, 0) is 25.7 Å². The molecule has 1 aromatic carbocycles. The Morgan fingerprint density at radius 1 is 1.29 bits per heavy atom. The van der Waals surface area contributed by atoms with Gasteiger partial charge in [-0.25, -0.2) is 4.79 Å². The predicted octanol–water partition coefficient (Wildman–Crippen LogP) is -0.216. The van der Waals surface area contributed by atoms with Crippen LogP contribution in [0.3, 0.4) is 0 Å². The number of nitrogens with zero attached hydrogens (tertiary/aromatic N) is 3. The minimum Gasteiger partial charge on any atom is -0.454 e. The molecule has 1 heterocycles. The lowest BCUT2D eigenvalue weighted by atomic mass is 10.2. The van der Waals surface area contributed by atoms with Gasteiger partial charge < -0.3 is 19.4 Å². The van der Waals surface area contributed by atoms with E-state index in [0.717, 1.165) is 17.5 Å². The maximum absolute atomic E-state index is 12.0. The Bertz CT molecular complexity index is 916. The smallest absolute Gasteiger partial charge is 0.437 e. The number of ether oxygens (including phenoxy) is 1. The fourth-order valence-electron chi connectivity index (χ4n) is 2.33. The average Bonchev–Trinajstić information content (AvgIpc) is 3.41. The minimum atomic E-state index is -0.820. The van der Waals surface area contributed by atoms with E-state index in [1.54, 1.807) is 30.3 Å². The van der Waals surface area contributed by atoms with E-state index >= 15 is 0 Å². The molecule has 0 bridgehead atoms. The van der Waals surface area contributed by atoms with Crippen LogP contribution in [0.25, 0.3) is 11.5 Å². The van der Waals surface area contributed by atoms with Crippen molar-refractivity contribution in [3.63, 3.8) is 0 Å². The molecule has 1 aliphatic carbocycles. The summed E-state index contributed by atoms with van der Waals surface area (Å²) in [6.07, 6.45) is 1.91. The van der Waals surface area contributed by atoms with Gasteiger partial charge in [-0.1, -0.05) is 18.2 Å². The Kier molecular flexibility index (Phi) is 5.87. The molecule has 2 aromatic rings. The van der Waals surface area contributed by atoms with Crippen LogP contribution >= 0.6 is 0 Å². The van der Waals surface area contributed by atoms with E-state index in [9.17, 15) is 19.2 Å². The molecular weight excluding hydrogens is 368 g/mol. The molecule has 10 heteroatoms. The molecule has 0 aliphatic heterocycles. The standard InChI is InChI=1S/C18H20N4O6/c1-21(9-14(23)19-13-7-8-13)15(24)11-27-16(25)10-22-18(26)28-17(20-22)12-5-3-2-4-6-12/h2-6,13H,7-11H2,1H3,(H,19,23). The first-order chi connectivity index (χ1) is 13.4. The average molecular weight is 388 g/mol. The Morgan fingerprint density at radius 2 is 2.00 bits per heavy atom. The van der Waals surface area contributed by atoms with Gasteiger partial charge in [-0.2, -0.15) is 4.68 Å². The topological polar surface area (TPSA) is 124 Å². The van der Waals surface area contributed by atoms with Crippen molar-refractivity contribution < 1.29 is 23.5 Å². The van der Waals surface area contributed by atoms with E-state index in [2.05, 4.69) is 10.4 Å². The predicted molar refractivity (Wildman–Crippen MR) is 96.0 cm³/mol. The number of likely N-dealkylation sites (N-methyl/N-ethyl adjacent to an activating group) is 1. The van der Waals surface area contributed by atoms with Crippen LogP contribution in [0.4, 0.5) is 0 Å². The molecule has 0 spiro atoms. The highest BCUT2D eigenvalue weighted by Gasteiger charge is 2.24. The summed E-state index contributed by atoms with van der Waals surface area (Å²) in [6, 6.07) is 8.95. The Labute approximate surface area is 160 Å². The van der Waals surface area contributed by atoms with Crippen molar-refractivity contribution in [3.05, 3.63) is 40.9 Å². The summed E-state index contributed by atoms with van der Waals surface area (Å²) < 4.78 is 10.7. The Hall–Kier alpha value is -3.43. The molecule has 1 fully saturated rings. The number of aromatic nitrogens is 2. The third-order valence-corrected chi connectivity index (χ3v) is 4.01. The van der Waals surface area contributed by atoms with Gasteiger partial charge in [-0.15, -0.1) is 5.10 Å². The van der Waals surface area contributed by atoms with E-state index in [1.165, 1.54) is 11.9 Å². The lowest BCUT2D eigenvalue weighted by Gasteiger charge is -2.16. The normalized spacial score (nSPS) is 13.0. The molecule has 1 saturated carbocycles. The van der Waals surface area contributed by atoms with Crippen LogP contribution in [0.1, 0.15) is 12.8 Å². The summed E-state index contributed by atoms with van der Waals surface area (Å²) >= 11 is 0. The number of benzene rings is 1. The second kappa shape index (κ2) is 8.51. The third-order valence-electron chi connectivity index (χ3n) is 4.01. The largest absolute Gasteiger partial charge is 0.454 e. The second-order valence-corrected chi connectivity index (χ2v) is 6.45. The molecular formula is C18H20N4O6. The van der Waals surface area contributed by atoms with E-state index in [1.807, 2.05) is 0 Å². The maximum atomic E-state index is 12.0. The minimum absolute atomic E-state index is 0.0795. The number of amides is 2. The van der Waals surface area contributed by atoms with E-state index in [-0.39, 0.29) is 24.4 Å². The number of esters is 1. The van der Waals surface area contributed by atoms with Gasteiger partial charge in [-0.05, 0) is 25.0 Å². The molecule has 0 radical (unpaired) electrons. The second-order valence-electron chi connectivity index (χ2n) is 6.45. The van der Waals surface area contributed by atoms with E-state index < -0.39 is 30.8 Å². The fourth-order valence-corrected chi connectivity index (χ4v) is 2.33. The molecule has 0 atom stereocenters. The van der Waals surface area contributed by atoms with E-state index in [4.69, 9.17) is 9.15 Å². The number of hydrogen-bond acceptors (Lipinski definition) is 7. The zero-order chi connectivity index (χ0) is 20.1. The van der Waals surface area contributed by atoms with E-state index in [0.29, 0.717) is 5.56 Å². The SMILES string of the molecule is CN(CC(=O)NC1CC1)C(=O)COC(=O)Cn1nc(-c2ccccc2)oc1=O. The van der Waals surface area contributed by atoms with Gasteiger partial charge in [0.05, 0.1) is 6.54 Å². The highest BCUT2D eigenvalue weighted by atomic mass is 16.5. The van der Waals surface area contributed by atoms with Crippen LogP contribution < -0.4 is 11.1 Å². The van der Waals surface area contributed by atoms with Gasteiger partial charge in [0, 0.05) is 18.7 Å². The monoisotopic (exact) mass is 388 g/mol. The molecule has 1 aromatic heterocycles. The quantitative estimate of drug-likeness (QED) is 0.620. The summed E-state index contributed by atoms with van der Waals surface area (Å²) in [5.41, 5.74) is 0.591. The number of nitrogens with one attached hydrogen (secondary N) is 1. The van der Waals surface area contributed by atoms with Gasteiger partial charge in [0.2, 0.25) is 11.8 Å². The van der Waals surface area contributed by atoms with Crippen LogP contribution in [0.15, 0.2) is 39.5 Å². The van der Waals surface area contributed by atoms with Gasteiger partial charge >= 0.3 is 11.7 Å². The number of rotatable bonds is 8. The van der Waals surface area contributed by atoms with Crippen molar-refractivity contribution in [2.45, 2.75) is 25.4 Å². The van der Waals surface area contributed by atoms with Crippen LogP contribution in [0.2, 0.25) is 0 Å². The van der Waals surface area contributed by atoms with Gasteiger partial charge in [0.1, 0.15) is 6.54 Å². The molecule has 0 saturated heterocycles. The van der Waals surface area contributed by atoms with Crippen molar-refractivity contribution in [1.82, 2.24) is 20.0 Å². The first-order valence-corrected chi connectivity index (χ1v) is 8.74. The summed E-state index contributed by atoms with van der Waals surface area (Å²) in [5, 5.41) is 6.71. The molecule has 148 valence electrons. The van der Waals surface area contributed by atoms with Crippen LogP contribution in [0.5, 0.6) is 0 Å². The number of carbonyl (C=O) groups excluding carboxylic acids is 3.